The molecule has 0 aromatic heterocycles. The van der Waals surface area contributed by atoms with Crippen LogP contribution in [-0.2, 0) is 0 Å². The van der Waals surface area contributed by atoms with Crippen LogP contribution in [0.5, 0.6) is 34.5 Å². The van der Waals surface area contributed by atoms with Crippen LogP contribution in [0.1, 0.15) is 23.5 Å². The first-order chi connectivity index (χ1) is 12.6. The van der Waals surface area contributed by atoms with Crippen LogP contribution >= 0.6 is 0 Å². The summed E-state index contributed by atoms with van der Waals surface area (Å²) in [6.45, 7) is 0.207. The second-order valence-electron chi connectivity index (χ2n) is 6.15. The summed E-state index contributed by atoms with van der Waals surface area (Å²) in [5.41, 5.74) is 8.13. The van der Waals surface area contributed by atoms with E-state index < -0.39 is 6.23 Å². The number of hydrogen-bond acceptors (Lipinski definition) is 7. The maximum absolute atomic E-state index is 6.14. The third-order valence-corrected chi connectivity index (χ3v) is 4.72. The Labute approximate surface area is 151 Å². The minimum absolute atomic E-state index is 0.00282. The van der Waals surface area contributed by atoms with E-state index in [1.807, 2.05) is 24.3 Å². The molecule has 0 amide bonds. The molecule has 0 fully saturated rings. The van der Waals surface area contributed by atoms with Crippen LogP contribution in [0.15, 0.2) is 24.3 Å². The van der Waals surface area contributed by atoms with E-state index in [0.29, 0.717) is 40.9 Å². The topological polar surface area (TPSA) is 81.4 Å². The zero-order chi connectivity index (χ0) is 18.3. The van der Waals surface area contributed by atoms with Gasteiger partial charge in [0.1, 0.15) is 12.0 Å². The molecule has 2 aliphatic rings. The van der Waals surface area contributed by atoms with Gasteiger partial charge in [-0.3, -0.25) is 5.73 Å². The number of rotatable bonds is 4. The predicted octanol–water partition coefficient (Wildman–Crippen LogP) is 2.64. The van der Waals surface area contributed by atoms with Crippen molar-refractivity contribution in [3.8, 4) is 34.5 Å². The molecule has 2 aliphatic heterocycles. The molecule has 0 bridgehead atoms. The van der Waals surface area contributed by atoms with Crippen LogP contribution in [0.25, 0.3) is 0 Å². The summed E-state index contributed by atoms with van der Waals surface area (Å²) in [4.78, 5) is 0. The van der Waals surface area contributed by atoms with E-state index >= 15 is 0 Å². The Morgan fingerprint density at radius 3 is 2.15 bits per heavy atom. The molecule has 2 N–H and O–H groups in total. The lowest BCUT2D eigenvalue weighted by atomic mass is 9.85. The number of benzene rings is 2. The van der Waals surface area contributed by atoms with Gasteiger partial charge >= 0.3 is 0 Å². The summed E-state index contributed by atoms with van der Waals surface area (Å²) in [6, 6.07) is 7.68. The fourth-order valence-electron chi connectivity index (χ4n) is 3.50. The van der Waals surface area contributed by atoms with Crippen molar-refractivity contribution >= 4 is 0 Å². The molecule has 138 valence electrons. The predicted molar refractivity (Wildman–Crippen MR) is 93.7 cm³/mol. The molecule has 4 rings (SSSR count). The third kappa shape index (κ3) is 2.64. The van der Waals surface area contributed by atoms with E-state index in [-0.39, 0.29) is 12.7 Å². The Morgan fingerprint density at radius 2 is 1.54 bits per heavy atom. The van der Waals surface area contributed by atoms with Crippen molar-refractivity contribution in [2.75, 3.05) is 28.1 Å². The lowest BCUT2D eigenvalue weighted by Gasteiger charge is -2.31. The van der Waals surface area contributed by atoms with Gasteiger partial charge in [-0.1, -0.05) is 0 Å². The summed E-state index contributed by atoms with van der Waals surface area (Å²) in [5.74, 6) is 3.83. The number of fused-ring (bicyclic) bond motifs is 2. The number of nitrogens with two attached hydrogens (primary N) is 1. The summed E-state index contributed by atoms with van der Waals surface area (Å²) >= 11 is 0. The van der Waals surface area contributed by atoms with Gasteiger partial charge in [-0.2, -0.15) is 0 Å². The zero-order valence-corrected chi connectivity index (χ0v) is 14.9. The highest BCUT2D eigenvalue weighted by Gasteiger charge is 2.32. The second kappa shape index (κ2) is 6.49. The highest BCUT2D eigenvalue weighted by Crippen LogP contribution is 2.49. The normalized spacial score (nSPS) is 20.2. The smallest absolute Gasteiger partial charge is 0.231 e. The summed E-state index contributed by atoms with van der Waals surface area (Å²) in [7, 11) is 4.78. The summed E-state index contributed by atoms with van der Waals surface area (Å²) in [5, 5.41) is 0. The molecule has 7 nitrogen and oxygen atoms in total. The molecule has 0 spiro atoms. The average Bonchev–Trinajstić information content (AvgIpc) is 3.11. The Kier molecular flexibility index (Phi) is 4.16. The van der Waals surface area contributed by atoms with E-state index in [1.54, 1.807) is 21.3 Å². The standard InChI is InChI=1S/C19H21NO6/c1-21-16-4-10(5-17(22-2)19(16)23-3)11-7-18(20)26-13-8-15-14(6-12(11)13)24-9-25-15/h4-6,8,11,18H,7,9,20H2,1-3H3. The number of methoxy groups -OCH3 is 3. The van der Waals surface area contributed by atoms with Gasteiger partial charge < -0.3 is 28.4 Å². The fourth-order valence-corrected chi connectivity index (χ4v) is 3.50. The lowest BCUT2D eigenvalue weighted by Crippen LogP contribution is -2.33. The van der Waals surface area contributed by atoms with E-state index in [4.69, 9.17) is 34.2 Å². The first-order valence-electron chi connectivity index (χ1n) is 8.30. The molecule has 7 heteroatoms. The SMILES string of the molecule is COc1cc(C2CC(N)Oc3cc4c(cc32)OCO4)cc(OC)c1OC. The molecule has 0 saturated heterocycles. The van der Waals surface area contributed by atoms with Crippen LogP contribution in [0.4, 0.5) is 0 Å². The monoisotopic (exact) mass is 359 g/mol. The molecule has 0 saturated carbocycles. The minimum atomic E-state index is -0.424. The van der Waals surface area contributed by atoms with Gasteiger partial charge in [0.05, 0.1) is 21.3 Å². The fraction of sp³-hybridized carbons (Fsp3) is 0.368. The highest BCUT2D eigenvalue weighted by molar-refractivity contribution is 5.59. The van der Waals surface area contributed by atoms with Gasteiger partial charge in [-0.15, -0.1) is 0 Å². The van der Waals surface area contributed by atoms with Gasteiger partial charge in [0.2, 0.25) is 12.5 Å². The number of ether oxygens (including phenoxy) is 6. The van der Waals surface area contributed by atoms with E-state index in [1.165, 1.54) is 0 Å². The first-order valence-corrected chi connectivity index (χ1v) is 8.30. The van der Waals surface area contributed by atoms with E-state index in [2.05, 4.69) is 0 Å². The second-order valence-corrected chi connectivity index (χ2v) is 6.15. The van der Waals surface area contributed by atoms with Gasteiger partial charge in [-0.05, 0) is 23.8 Å². The molecular weight excluding hydrogens is 338 g/mol. The van der Waals surface area contributed by atoms with Gasteiger partial charge in [0, 0.05) is 24.0 Å². The van der Waals surface area contributed by atoms with Crippen molar-refractivity contribution < 1.29 is 28.4 Å². The van der Waals surface area contributed by atoms with Gasteiger partial charge in [0.15, 0.2) is 23.0 Å². The molecule has 2 aromatic carbocycles. The van der Waals surface area contributed by atoms with Crippen LogP contribution in [0, 0.1) is 0 Å². The van der Waals surface area contributed by atoms with Gasteiger partial charge in [0.25, 0.3) is 0 Å². The molecule has 2 aromatic rings. The molecule has 2 atom stereocenters. The highest BCUT2D eigenvalue weighted by atomic mass is 16.7. The molecule has 2 heterocycles. The molecule has 26 heavy (non-hydrogen) atoms. The van der Waals surface area contributed by atoms with Crippen molar-refractivity contribution in [1.29, 1.82) is 0 Å². The zero-order valence-electron chi connectivity index (χ0n) is 14.9. The van der Waals surface area contributed by atoms with Crippen molar-refractivity contribution in [2.45, 2.75) is 18.6 Å². The Balaban J connectivity index is 1.84. The summed E-state index contributed by atoms with van der Waals surface area (Å²) < 4.78 is 33.2. The van der Waals surface area contributed by atoms with Gasteiger partial charge in [-0.25, -0.2) is 0 Å². The van der Waals surface area contributed by atoms with Crippen molar-refractivity contribution in [3.63, 3.8) is 0 Å². The Bertz CT molecular complexity index is 812. The quantitative estimate of drug-likeness (QED) is 0.899. The minimum Gasteiger partial charge on any atom is -0.493 e. The maximum Gasteiger partial charge on any atom is 0.231 e. The van der Waals surface area contributed by atoms with Crippen LogP contribution in [0.3, 0.4) is 0 Å². The largest absolute Gasteiger partial charge is 0.493 e. The number of hydrogen-bond donors (Lipinski definition) is 1. The molecule has 0 radical (unpaired) electrons. The summed E-state index contributed by atoms with van der Waals surface area (Å²) in [6.07, 6.45) is 0.192. The molecular formula is C19H21NO6. The van der Waals surface area contributed by atoms with Crippen molar-refractivity contribution in [2.24, 2.45) is 5.73 Å². The third-order valence-electron chi connectivity index (χ3n) is 4.72. The van der Waals surface area contributed by atoms with Crippen LogP contribution in [-0.4, -0.2) is 34.4 Å². The Morgan fingerprint density at radius 1 is 0.885 bits per heavy atom. The lowest BCUT2D eigenvalue weighted by molar-refractivity contribution is 0.169. The van der Waals surface area contributed by atoms with Crippen LogP contribution in [0.2, 0.25) is 0 Å². The van der Waals surface area contributed by atoms with E-state index in [0.717, 1.165) is 11.1 Å². The molecule has 2 unspecified atom stereocenters. The van der Waals surface area contributed by atoms with Crippen molar-refractivity contribution in [1.82, 2.24) is 0 Å². The first kappa shape index (κ1) is 16.7. The average molecular weight is 359 g/mol. The van der Waals surface area contributed by atoms with Crippen LogP contribution < -0.4 is 34.2 Å². The van der Waals surface area contributed by atoms with Crippen molar-refractivity contribution in [3.05, 3.63) is 35.4 Å². The molecule has 0 aliphatic carbocycles. The van der Waals surface area contributed by atoms with E-state index in [9.17, 15) is 0 Å². The maximum atomic E-state index is 6.14. The Hall–Kier alpha value is -2.80.